The van der Waals surface area contributed by atoms with Crippen molar-refractivity contribution in [2.75, 3.05) is 0 Å². The van der Waals surface area contributed by atoms with Gasteiger partial charge in [0.15, 0.2) is 0 Å². The van der Waals surface area contributed by atoms with Crippen molar-refractivity contribution >= 4 is 0 Å². The molecule has 80 valence electrons. The van der Waals surface area contributed by atoms with E-state index in [0.29, 0.717) is 0 Å². The molecule has 0 saturated heterocycles. The van der Waals surface area contributed by atoms with E-state index in [2.05, 4.69) is 48.5 Å². The minimum Gasteiger partial charge on any atom is -0.0775 e. The molecule has 0 rings (SSSR count). The Morgan fingerprint density at radius 2 is 1.46 bits per heavy atom. The van der Waals surface area contributed by atoms with Gasteiger partial charge in [0.25, 0.3) is 0 Å². The Labute approximate surface area is 85.4 Å². The van der Waals surface area contributed by atoms with Crippen LogP contribution in [0.2, 0.25) is 0 Å². The Morgan fingerprint density at radius 3 is 1.46 bits per heavy atom. The molecule has 0 aliphatic heterocycles. The van der Waals surface area contributed by atoms with Crippen LogP contribution >= 0.6 is 0 Å². The molecule has 0 nitrogen and oxygen atoms in total. The van der Waals surface area contributed by atoms with Crippen molar-refractivity contribution in [1.29, 1.82) is 0 Å². The highest BCUT2D eigenvalue weighted by molar-refractivity contribution is 5.05. The summed E-state index contributed by atoms with van der Waals surface area (Å²) in [7, 11) is 0. The molecule has 0 radical (unpaired) electrons. The standard InChI is InChI=1S/C7H14.C6H14/c1-5-7(4)6(2)3;1-4-5-6(2)3/h5H2,1-4H3;6H,4-5H2,1-3H3. The van der Waals surface area contributed by atoms with Gasteiger partial charge in [0.05, 0.1) is 0 Å². The minimum atomic E-state index is 0.898. The third-order valence-corrected chi connectivity index (χ3v) is 2.25. The van der Waals surface area contributed by atoms with Gasteiger partial charge in [0.2, 0.25) is 0 Å². The van der Waals surface area contributed by atoms with Crippen LogP contribution in [-0.4, -0.2) is 0 Å². The number of allylic oxidation sites excluding steroid dienone is 2. The number of rotatable bonds is 3. The predicted octanol–water partition coefficient (Wildman–Crippen LogP) is 5.20. The lowest BCUT2D eigenvalue weighted by Crippen LogP contribution is -1.81. The Kier molecular flexibility index (Phi) is 11.5. The largest absolute Gasteiger partial charge is 0.0775 e. The Morgan fingerprint density at radius 1 is 1.00 bits per heavy atom. The van der Waals surface area contributed by atoms with Gasteiger partial charge in [0, 0.05) is 0 Å². The van der Waals surface area contributed by atoms with Crippen LogP contribution in [0.3, 0.4) is 0 Å². The van der Waals surface area contributed by atoms with E-state index in [1.807, 2.05) is 0 Å². The Balaban J connectivity index is 0. The molecule has 0 heteroatoms. The summed E-state index contributed by atoms with van der Waals surface area (Å²) in [4.78, 5) is 0. The fraction of sp³-hybridized carbons (Fsp3) is 0.846. The molecule has 0 spiro atoms. The molecular weight excluding hydrogens is 156 g/mol. The zero-order valence-electron chi connectivity index (χ0n) is 10.7. The second-order valence-corrected chi connectivity index (χ2v) is 4.32. The van der Waals surface area contributed by atoms with E-state index in [9.17, 15) is 0 Å². The first-order chi connectivity index (χ1) is 5.95. The summed E-state index contributed by atoms with van der Waals surface area (Å²) in [5.41, 5.74) is 2.97. The second kappa shape index (κ2) is 9.83. The zero-order valence-corrected chi connectivity index (χ0v) is 10.7. The molecule has 0 N–H and O–H groups in total. The van der Waals surface area contributed by atoms with E-state index >= 15 is 0 Å². The van der Waals surface area contributed by atoms with Gasteiger partial charge in [-0.25, -0.2) is 0 Å². The van der Waals surface area contributed by atoms with E-state index in [0.717, 1.165) is 5.92 Å². The van der Waals surface area contributed by atoms with E-state index in [1.54, 1.807) is 0 Å². The molecule has 0 aliphatic rings. The fourth-order valence-electron chi connectivity index (χ4n) is 0.931. The van der Waals surface area contributed by atoms with Crippen molar-refractivity contribution in [2.24, 2.45) is 5.92 Å². The summed E-state index contributed by atoms with van der Waals surface area (Å²) >= 11 is 0. The lowest BCUT2D eigenvalue weighted by Gasteiger charge is -1.95. The summed E-state index contributed by atoms with van der Waals surface area (Å²) in [6, 6.07) is 0. The van der Waals surface area contributed by atoms with E-state index in [1.165, 1.54) is 30.4 Å². The van der Waals surface area contributed by atoms with E-state index in [-0.39, 0.29) is 0 Å². The van der Waals surface area contributed by atoms with Gasteiger partial charge in [-0.15, -0.1) is 0 Å². The van der Waals surface area contributed by atoms with Crippen molar-refractivity contribution in [3.8, 4) is 0 Å². The van der Waals surface area contributed by atoms with Crippen LogP contribution < -0.4 is 0 Å². The van der Waals surface area contributed by atoms with Gasteiger partial charge in [0.1, 0.15) is 0 Å². The lowest BCUT2D eigenvalue weighted by molar-refractivity contribution is 0.576. The SMILES string of the molecule is CCC(C)=C(C)C.CCCC(C)C. The van der Waals surface area contributed by atoms with Gasteiger partial charge >= 0.3 is 0 Å². The topological polar surface area (TPSA) is 0 Å². The fourth-order valence-corrected chi connectivity index (χ4v) is 0.931. The smallest absolute Gasteiger partial charge is 0.0349 e. The third-order valence-electron chi connectivity index (χ3n) is 2.25. The van der Waals surface area contributed by atoms with Crippen molar-refractivity contribution < 1.29 is 0 Å². The molecule has 0 aromatic rings. The average molecular weight is 184 g/mol. The molecule has 0 fully saturated rings. The molecule has 0 heterocycles. The van der Waals surface area contributed by atoms with Crippen LogP contribution in [-0.2, 0) is 0 Å². The van der Waals surface area contributed by atoms with Crippen LogP contribution in [0, 0.1) is 5.92 Å². The highest BCUT2D eigenvalue weighted by atomic mass is 13.9. The van der Waals surface area contributed by atoms with Crippen LogP contribution in [0.25, 0.3) is 0 Å². The Hall–Kier alpha value is -0.260. The molecule has 0 amide bonds. The molecule has 0 saturated carbocycles. The highest BCUT2D eigenvalue weighted by Crippen LogP contribution is 2.04. The number of hydrogen-bond donors (Lipinski definition) is 0. The first-order valence-corrected chi connectivity index (χ1v) is 5.58. The maximum absolute atomic E-state index is 2.25. The molecule has 0 aromatic heterocycles. The van der Waals surface area contributed by atoms with Gasteiger partial charge in [-0.2, -0.15) is 0 Å². The average Bonchev–Trinajstić information content (AvgIpc) is 2.03. The molecule has 0 atom stereocenters. The first kappa shape index (κ1) is 15.2. The Bertz CT molecular complexity index is 125. The molecule has 0 bridgehead atoms. The van der Waals surface area contributed by atoms with E-state index < -0.39 is 0 Å². The summed E-state index contributed by atoms with van der Waals surface area (Å²) in [6.07, 6.45) is 3.90. The van der Waals surface area contributed by atoms with Crippen molar-refractivity contribution in [3.63, 3.8) is 0 Å². The maximum atomic E-state index is 2.25. The van der Waals surface area contributed by atoms with Gasteiger partial charge in [-0.3, -0.25) is 0 Å². The second-order valence-electron chi connectivity index (χ2n) is 4.32. The maximum Gasteiger partial charge on any atom is -0.0349 e. The quantitative estimate of drug-likeness (QED) is 0.529. The third kappa shape index (κ3) is 14.6. The van der Waals surface area contributed by atoms with Crippen molar-refractivity contribution in [2.45, 2.75) is 67.7 Å². The van der Waals surface area contributed by atoms with E-state index in [4.69, 9.17) is 0 Å². The van der Waals surface area contributed by atoms with Gasteiger partial charge in [-0.1, -0.05) is 51.7 Å². The van der Waals surface area contributed by atoms with Crippen molar-refractivity contribution in [1.82, 2.24) is 0 Å². The summed E-state index contributed by atoms with van der Waals surface area (Å²) in [6.45, 7) is 15.4. The monoisotopic (exact) mass is 184 g/mol. The van der Waals surface area contributed by atoms with Crippen LogP contribution in [0.5, 0.6) is 0 Å². The molecule has 0 unspecified atom stereocenters. The van der Waals surface area contributed by atoms with Crippen LogP contribution in [0.1, 0.15) is 67.7 Å². The molecule has 0 aromatic carbocycles. The molecule has 0 aliphatic carbocycles. The summed E-state index contributed by atoms with van der Waals surface area (Å²) in [5, 5.41) is 0. The molecular formula is C13H28. The normalized spacial score (nSPS) is 9.23. The van der Waals surface area contributed by atoms with Crippen LogP contribution in [0.4, 0.5) is 0 Å². The summed E-state index contributed by atoms with van der Waals surface area (Å²) in [5.74, 6) is 0.898. The van der Waals surface area contributed by atoms with Gasteiger partial charge in [-0.05, 0) is 33.1 Å². The van der Waals surface area contributed by atoms with Gasteiger partial charge < -0.3 is 0 Å². The van der Waals surface area contributed by atoms with Crippen molar-refractivity contribution in [3.05, 3.63) is 11.1 Å². The minimum absolute atomic E-state index is 0.898. The van der Waals surface area contributed by atoms with Crippen LogP contribution in [0.15, 0.2) is 11.1 Å². The first-order valence-electron chi connectivity index (χ1n) is 5.58. The highest BCUT2D eigenvalue weighted by Gasteiger charge is 1.85. The number of hydrogen-bond acceptors (Lipinski definition) is 0. The predicted molar refractivity (Wildman–Crippen MR) is 64.1 cm³/mol. The lowest BCUT2D eigenvalue weighted by atomic mass is 10.1. The summed E-state index contributed by atoms with van der Waals surface area (Å²) < 4.78 is 0. The zero-order chi connectivity index (χ0) is 10.9. The molecule has 13 heavy (non-hydrogen) atoms.